The third kappa shape index (κ3) is 6.13. The Kier molecular flexibility index (Phi) is 7.69. The second-order valence-corrected chi connectivity index (χ2v) is 7.02. The first-order valence-electron chi connectivity index (χ1n) is 10.3. The third-order valence-electron chi connectivity index (χ3n) is 4.79. The number of aliphatic carboxylic acids is 1. The second kappa shape index (κ2) is 10.9. The van der Waals surface area contributed by atoms with Crippen LogP contribution in [0.15, 0.2) is 60.7 Å². The summed E-state index contributed by atoms with van der Waals surface area (Å²) >= 11 is 0. The number of amides is 2. The summed E-state index contributed by atoms with van der Waals surface area (Å²) < 4.78 is 12.0. The van der Waals surface area contributed by atoms with Crippen LogP contribution in [0.5, 0.6) is 11.5 Å². The van der Waals surface area contributed by atoms with Gasteiger partial charge in [-0.05, 0) is 67.6 Å². The molecule has 0 saturated heterocycles. The maximum absolute atomic E-state index is 12.7. The van der Waals surface area contributed by atoms with Crippen molar-refractivity contribution >= 4 is 23.5 Å². The minimum atomic E-state index is -0.965. The molecule has 3 aromatic rings. The highest BCUT2D eigenvalue weighted by Gasteiger charge is 2.19. The molecule has 9 heteroatoms. The zero-order valence-electron chi connectivity index (χ0n) is 18.3. The first kappa shape index (κ1) is 23.4. The Balaban J connectivity index is 1.80. The Hall–Kier alpha value is -4.27. The molecule has 1 aromatic heterocycles. The number of carbonyl (C=O) groups excluding carboxylic acids is 2. The molecule has 0 saturated carbocycles. The topological polar surface area (TPSA) is 119 Å². The van der Waals surface area contributed by atoms with Gasteiger partial charge in [-0.15, -0.1) is 0 Å². The van der Waals surface area contributed by atoms with Crippen molar-refractivity contribution in [3.8, 4) is 22.8 Å². The zero-order valence-corrected chi connectivity index (χ0v) is 18.3. The number of aromatic nitrogens is 1. The van der Waals surface area contributed by atoms with E-state index in [0.717, 1.165) is 5.56 Å². The molecule has 2 aromatic carbocycles. The molecule has 0 unspecified atom stereocenters. The Morgan fingerprint density at radius 1 is 0.909 bits per heavy atom. The van der Waals surface area contributed by atoms with Gasteiger partial charge in [0.15, 0.2) is 0 Å². The summed E-state index contributed by atoms with van der Waals surface area (Å²) in [5.74, 6) is -1.40. The molecule has 0 spiro atoms. The number of carbonyl (C=O) groups is 3. The second-order valence-electron chi connectivity index (χ2n) is 7.02. The molecule has 0 aliphatic heterocycles. The average molecular weight is 451 g/mol. The van der Waals surface area contributed by atoms with Crippen LogP contribution in [-0.4, -0.2) is 41.3 Å². The van der Waals surface area contributed by atoms with Crippen LogP contribution >= 0.6 is 0 Å². The lowest BCUT2D eigenvalue weighted by molar-refractivity contribution is -0.137. The summed E-state index contributed by atoms with van der Waals surface area (Å²) in [6.45, 7) is 2.39. The smallest absolute Gasteiger partial charge is 0.328 e. The van der Waals surface area contributed by atoms with Crippen molar-refractivity contribution < 1.29 is 29.0 Å². The van der Waals surface area contributed by atoms with Crippen molar-refractivity contribution in [2.24, 2.45) is 0 Å². The highest BCUT2D eigenvalue weighted by Crippen LogP contribution is 2.25. The number of benzene rings is 2. The maximum Gasteiger partial charge on any atom is 0.328 e. The van der Waals surface area contributed by atoms with E-state index in [9.17, 15) is 14.4 Å². The molecule has 0 radical (unpaired) electrons. The molecule has 9 nitrogen and oxygen atoms in total. The fourth-order valence-electron chi connectivity index (χ4n) is 3.17. The summed E-state index contributed by atoms with van der Waals surface area (Å²) in [6, 6.07) is 17.3. The number of rotatable bonds is 9. The summed E-state index contributed by atoms with van der Waals surface area (Å²) in [4.78, 5) is 36.2. The lowest BCUT2D eigenvalue weighted by atomic mass is 10.1. The molecule has 2 amide bonds. The van der Waals surface area contributed by atoms with Crippen molar-refractivity contribution in [1.29, 1.82) is 0 Å². The first-order chi connectivity index (χ1) is 15.9. The van der Waals surface area contributed by atoms with Crippen molar-refractivity contribution in [2.75, 3.05) is 24.5 Å². The van der Waals surface area contributed by atoms with E-state index in [-0.39, 0.29) is 12.8 Å². The number of aryl methyl sites for hydroxylation is 1. The molecule has 0 aliphatic rings. The molecule has 0 bridgehead atoms. The standard InChI is InChI=1S/C24H25N3O6/c1-3-33-20-12-6-17(7-13-20)25-23(30)24(31)26-27-18(9-15-22(28)29)8-14-21(27)16-4-10-19(32-2)11-5-16/h4-8,10-14H,3,9,15H2,1-2H3,(H,25,30)(H,26,31)(H,28,29). The van der Waals surface area contributed by atoms with E-state index in [2.05, 4.69) is 10.7 Å². The molecular weight excluding hydrogens is 426 g/mol. The SMILES string of the molecule is CCOc1ccc(NC(=O)C(=O)Nn2c(CCC(=O)O)ccc2-c2ccc(OC)cc2)cc1. The minimum absolute atomic E-state index is 0.125. The Morgan fingerprint density at radius 3 is 2.18 bits per heavy atom. The van der Waals surface area contributed by atoms with Crippen LogP contribution in [0.25, 0.3) is 11.3 Å². The van der Waals surface area contributed by atoms with Crippen LogP contribution in [0.4, 0.5) is 5.69 Å². The number of methoxy groups -OCH3 is 1. The lowest BCUT2D eigenvalue weighted by Crippen LogP contribution is -2.35. The number of carboxylic acid groups (broad SMARTS) is 1. The van der Waals surface area contributed by atoms with E-state index in [1.165, 1.54) is 4.68 Å². The van der Waals surface area contributed by atoms with Gasteiger partial charge >= 0.3 is 17.8 Å². The highest BCUT2D eigenvalue weighted by molar-refractivity contribution is 6.42. The van der Waals surface area contributed by atoms with Gasteiger partial charge in [0.2, 0.25) is 0 Å². The third-order valence-corrected chi connectivity index (χ3v) is 4.79. The van der Waals surface area contributed by atoms with E-state index >= 15 is 0 Å². The average Bonchev–Trinajstić information content (AvgIpc) is 3.21. The predicted molar refractivity (Wildman–Crippen MR) is 123 cm³/mol. The van der Waals surface area contributed by atoms with Gasteiger partial charge in [-0.3, -0.25) is 24.5 Å². The van der Waals surface area contributed by atoms with Gasteiger partial charge in [0, 0.05) is 23.4 Å². The Labute approximate surface area is 190 Å². The Bertz CT molecular complexity index is 1120. The number of ether oxygens (including phenoxy) is 2. The van der Waals surface area contributed by atoms with Gasteiger partial charge in [-0.25, -0.2) is 0 Å². The quantitative estimate of drug-likeness (QED) is 0.430. The van der Waals surface area contributed by atoms with Gasteiger partial charge in [-0.1, -0.05) is 0 Å². The van der Waals surface area contributed by atoms with Crippen molar-refractivity contribution in [3.05, 3.63) is 66.4 Å². The van der Waals surface area contributed by atoms with E-state index in [1.54, 1.807) is 67.8 Å². The highest BCUT2D eigenvalue weighted by atomic mass is 16.5. The summed E-state index contributed by atoms with van der Waals surface area (Å²) in [6.07, 6.45) is 0.0482. The molecule has 0 fully saturated rings. The monoisotopic (exact) mass is 451 g/mol. The van der Waals surface area contributed by atoms with Crippen molar-refractivity contribution in [1.82, 2.24) is 4.68 Å². The lowest BCUT2D eigenvalue weighted by Gasteiger charge is -2.15. The van der Waals surface area contributed by atoms with Gasteiger partial charge in [-0.2, -0.15) is 0 Å². The van der Waals surface area contributed by atoms with Crippen LogP contribution < -0.4 is 20.2 Å². The molecule has 1 heterocycles. The summed E-state index contributed by atoms with van der Waals surface area (Å²) in [5, 5.41) is 11.6. The number of nitrogens with one attached hydrogen (secondary N) is 2. The molecule has 3 N–H and O–H groups in total. The molecule has 0 atom stereocenters. The van der Waals surface area contributed by atoms with Crippen molar-refractivity contribution in [2.45, 2.75) is 19.8 Å². The van der Waals surface area contributed by atoms with Crippen molar-refractivity contribution in [3.63, 3.8) is 0 Å². The normalized spacial score (nSPS) is 10.4. The maximum atomic E-state index is 12.7. The molecule has 33 heavy (non-hydrogen) atoms. The molecule has 172 valence electrons. The molecule has 3 rings (SSSR count). The van der Waals surface area contributed by atoms with Gasteiger partial charge in [0.05, 0.1) is 25.8 Å². The minimum Gasteiger partial charge on any atom is -0.497 e. The van der Waals surface area contributed by atoms with Crippen LogP contribution in [0.2, 0.25) is 0 Å². The van der Waals surface area contributed by atoms with E-state index in [1.807, 2.05) is 6.92 Å². The number of hydrogen-bond donors (Lipinski definition) is 3. The largest absolute Gasteiger partial charge is 0.497 e. The Morgan fingerprint density at radius 2 is 1.58 bits per heavy atom. The summed E-state index contributed by atoms with van der Waals surface area (Å²) in [7, 11) is 1.56. The van der Waals surface area contributed by atoms with Gasteiger partial charge in [0.25, 0.3) is 0 Å². The van der Waals surface area contributed by atoms with Gasteiger partial charge < -0.3 is 19.9 Å². The van der Waals surface area contributed by atoms with E-state index < -0.39 is 17.8 Å². The van der Waals surface area contributed by atoms with Crippen LogP contribution in [0.1, 0.15) is 19.0 Å². The number of nitrogens with zero attached hydrogens (tertiary/aromatic N) is 1. The van der Waals surface area contributed by atoms with E-state index in [0.29, 0.717) is 35.2 Å². The van der Waals surface area contributed by atoms with Crippen LogP contribution in [0, 0.1) is 0 Å². The zero-order chi connectivity index (χ0) is 23.8. The number of anilines is 1. The van der Waals surface area contributed by atoms with Crippen LogP contribution in [0.3, 0.4) is 0 Å². The van der Waals surface area contributed by atoms with Gasteiger partial charge in [0.1, 0.15) is 11.5 Å². The van der Waals surface area contributed by atoms with Crippen LogP contribution in [-0.2, 0) is 20.8 Å². The fraction of sp³-hybridized carbons (Fsp3) is 0.208. The fourth-order valence-corrected chi connectivity index (χ4v) is 3.17. The molecule has 0 aliphatic carbocycles. The predicted octanol–water partition coefficient (Wildman–Crippen LogP) is 3.29. The number of carboxylic acids is 1. The first-order valence-corrected chi connectivity index (χ1v) is 10.3. The number of hydrogen-bond acceptors (Lipinski definition) is 5. The molecular formula is C24H25N3O6. The van der Waals surface area contributed by atoms with E-state index in [4.69, 9.17) is 14.6 Å². The summed E-state index contributed by atoms with van der Waals surface area (Å²) in [5.41, 5.74) is 4.91.